The molecule has 5 heteroatoms. The standard InChI is InChI=1S/C19H18O5/c1-2-23-19(22)17(14-9-5-3-6-10-14)16(20)13-24-18(21)15-11-7-4-8-12-15/h3-12,17H,2,13H2,1H3. The molecule has 5 nitrogen and oxygen atoms in total. The number of hydrogen-bond donors (Lipinski definition) is 0. The maximum absolute atomic E-state index is 12.4. The Kier molecular flexibility index (Phi) is 6.25. The number of rotatable bonds is 7. The van der Waals surface area contributed by atoms with Crippen LogP contribution in [0.25, 0.3) is 0 Å². The molecule has 2 aromatic carbocycles. The highest BCUT2D eigenvalue weighted by atomic mass is 16.5. The molecular formula is C19H18O5. The van der Waals surface area contributed by atoms with E-state index in [4.69, 9.17) is 9.47 Å². The molecule has 2 aromatic rings. The summed E-state index contributed by atoms with van der Waals surface area (Å²) in [6, 6.07) is 16.9. The average molecular weight is 326 g/mol. The van der Waals surface area contributed by atoms with E-state index in [-0.39, 0.29) is 6.61 Å². The first-order valence-electron chi connectivity index (χ1n) is 7.60. The highest BCUT2D eigenvalue weighted by Gasteiger charge is 2.30. The molecule has 0 aliphatic rings. The van der Waals surface area contributed by atoms with Crippen LogP contribution >= 0.6 is 0 Å². The van der Waals surface area contributed by atoms with Crippen molar-refractivity contribution in [3.63, 3.8) is 0 Å². The summed E-state index contributed by atoms with van der Waals surface area (Å²) in [5.74, 6) is -2.89. The molecule has 1 unspecified atom stereocenters. The van der Waals surface area contributed by atoms with Crippen LogP contribution in [0.3, 0.4) is 0 Å². The van der Waals surface area contributed by atoms with E-state index in [9.17, 15) is 14.4 Å². The van der Waals surface area contributed by atoms with Crippen LogP contribution in [-0.4, -0.2) is 30.9 Å². The van der Waals surface area contributed by atoms with Crippen molar-refractivity contribution in [1.82, 2.24) is 0 Å². The van der Waals surface area contributed by atoms with Gasteiger partial charge < -0.3 is 9.47 Å². The van der Waals surface area contributed by atoms with E-state index in [1.165, 1.54) is 0 Å². The Labute approximate surface area is 140 Å². The first-order valence-corrected chi connectivity index (χ1v) is 7.60. The molecule has 1 atom stereocenters. The van der Waals surface area contributed by atoms with Crippen LogP contribution in [0.5, 0.6) is 0 Å². The Balaban J connectivity index is 2.08. The summed E-state index contributed by atoms with van der Waals surface area (Å²) < 4.78 is 10.00. The van der Waals surface area contributed by atoms with Gasteiger partial charge >= 0.3 is 11.9 Å². The second-order valence-corrected chi connectivity index (χ2v) is 5.00. The molecule has 0 fully saturated rings. The fourth-order valence-electron chi connectivity index (χ4n) is 2.20. The highest BCUT2D eigenvalue weighted by molar-refractivity contribution is 6.05. The molecule has 0 saturated carbocycles. The van der Waals surface area contributed by atoms with E-state index in [2.05, 4.69) is 0 Å². The van der Waals surface area contributed by atoms with Gasteiger partial charge in [0.1, 0.15) is 5.92 Å². The summed E-state index contributed by atoms with van der Waals surface area (Å²) in [5, 5.41) is 0. The maximum atomic E-state index is 12.4. The third-order valence-corrected chi connectivity index (χ3v) is 3.33. The fraction of sp³-hybridized carbons (Fsp3) is 0.211. The summed E-state index contributed by atoms with van der Waals surface area (Å²) in [6.45, 7) is 1.34. The van der Waals surface area contributed by atoms with Crippen molar-refractivity contribution < 1.29 is 23.9 Å². The molecule has 0 saturated heterocycles. The number of carbonyl (C=O) groups is 3. The Morgan fingerprint density at radius 3 is 2.04 bits per heavy atom. The van der Waals surface area contributed by atoms with E-state index < -0.39 is 30.2 Å². The lowest BCUT2D eigenvalue weighted by Crippen LogP contribution is -2.28. The SMILES string of the molecule is CCOC(=O)C(C(=O)COC(=O)c1ccccc1)c1ccccc1. The molecule has 0 heterocycles. The van der Waals surface area contributed by atoms with Crippen molar-refractivity contribution in [2.45, 2.75) is 12.8 Å². The van der Waals surface area contributed by atoms with Crippen molar-refractivity contribution in [3.8, 4) is 0 Å². The molecule has 0 N–H and O–H groups in total. The molecule has 0 bridgehead atoms. The minimum absolute atomic E-state index is 0.166. The number of ether oxygens (including phenoxy) is 2. The third-order valence-electron chi connectivity index (χ3n) is 3.33. The molecule has 2 rings (SSSR count). The molecule has 0 amide bonds. The van der Waals surface area contributed by atoms with E-state index in [0.717, 1.165) is 0 Å². The van der Waals surface area contributed by atoms with Gasteiger partial charge in [0.15, 0.2) is 12.4 Å². The van der Waals surface area contributed by atoms with Gasteiger partial charge in [-0.05, 0) is 24.6 Å². The Hall–Kier alpha value is -2.95. The number of hydrogen-bond acceptors (Lipinski definition) is 5. The van der Waals surface area contributed by atoms with Crippen LogP contribution in [-0.2, 0) is 19.1 Å². The lowest BCUT2D eigenvalue weighted by atomic mass is 9.95. The Bertz CT molecular complexity index is 694. The zero-order chi connectivity index (χ0) is 17.4. The smallest absolute Gasteiger partial charge is 0.338 e. The second-order valence-electron chi connectivity index (χ2n) is 5.00. The summed E-state index contributed by atoms with van der Waals surface area (Å²) in [7, 11) is 0. The number of benzene rings is 2. The topological polar surface area (TPSA) is 69.7 Å². The van der Waals surface area contributed by atoms with Gasteiger partial charge in [-0.25, -0.2) is 4.79 Å². The van der Waals surface area contributed by atoms with Crippen LogP contribution in [0, 0.1) is 0 Å². The number of esters is 2. The summed E-state index contributed by atoms with van der Waals surface area (Å²) in [4.78, 5) is 36.4. The van der Waals surface area contributed by atoms with Crippen LogP contribution in [0.4, 0.5) is 0 Å². The summed E-state index contributed by atoms with van der Waals surface area (Å²) >= 11 is 0. The van der Waals surface area contributed by atoms with Gasteiger partial charge in [-0.2, -0.15) is 0 Å². The highest BCUT2D eigenvalue weighted by Crippen LogP contribution is 2.19. The Morgan fingerprint density at radius 2 is 1.46 bits per heavy atom. The predicted octanol–water partition coefficient (Wildman–Crippen LogP) is 2.76. The van der Waals surface area contributed by atoms with E-state index >= 15 is 0 Å². The van der Waals surface area contributed by atoms with Crippen LogP contribution < -0.4 is 0 Å². The molecule has 0 aromatic heterocycles. The van der Waals surface area contributed by atoms with Crippen molar-refractivity contribution in [2.24, 2.45) is 0 Å². The zero-order valence-corrected chi connectivity index (χ0v) is 13.3. The molecule has 0 aliphatic carbocycles. The molecule has 24 heavy (non-hydrogen) atoms. The monoisotopic (exact) mass is 326 g/mol. The van der Waals surface area contributed by atoms with Gasteiger partial charge in [-0.3, -0.25) is 9.59 Å². The maximum Gasteiger partial charge on any atom is 0.338 e. The van der Waals surface area contributed by atoms with Gasteiger partial charge in [-0.1, -0.05) is 48.5 Å². The lowest BCUT2D eigenvalue weighted by Gasteiger charge is -2.15. The molecule has 124 valence electrons. The lowest BCUT2D eigenvalue weighted by molar-refractivity contribution is -0.148. The van der Waals surface area contributed by atoms with Crippen molar-refractivity contribution in [2.75, 3.05) is 13.2 Å². The quantitative estimate of drug-likeness (QED) is 0.578. The molecule has 0 spiro atoms. The number of Topliss-reactive ketones (excluding diaryl/α,β-unsaturated/α-hetero) is 1. The van der Waals surface area contributed by atoms with Gasteiger partial charge in [0.2, 0.25) is 0 Å². The minimum atomic E-state index is -1.10. The van der Waals surface area contributed by atoms with Crippen molar-refractivity contribution >= 4 is 17.7 Å². The normalized spacial score (nSPS) is 11.4. The minimum Gasteiger partial charge on any atom is -0.465 e. The zero-order valence-electron chi connectivity index (χ0n) is 13.3. The first kappa shape index (κ1) is 17.4. The second kappa shape index (κ2) is 8.62. The first-order chi connectivity index (χ1) is 11.6. The predicted molar refractivity (Wildman–Crippen MR) is 87.5 cm³/mol. The van der Waals surface area contributed by atoms with E-state index in [0.29, 0.717) is 11.1 Å². The van der Waals surface area contributed by atoms with Gasteiger partial charge in [-0.15, -0.1) is 0 Å². The summed E-state index contributed by atoms with van der Waals surface area (Å²) in [6.07, 6.45) is 0. The van der Waals surface area contributed by atoms with Crippen molar-refractivity contribution in [3.05, 3.63) is 71.8 Å². The fourth-order valence-corrected chi connectivity index (χ4v) is 2.20. The van der Waals surface area contributed by atoms with Gasteiger partial charge in [0, 0.05) is 0 Å². The number of carbonyl (C=O) groups excluding carboxylic acids is 3. The van der Waals surface area contributed by atoms with Crippen LogP contribution in [0.1, 0.15) is 28.8 Å². The van der Waals surface area contributed by atoms with Crippen molar-refractivity contribution in [1.29, 1.82) is 0 Å². The average Bonchev–Trinajstić information content (AvgIpc) is 2.62. The van der Waals surface area contributed by atoms with E-state index in [1.807, 2.05) is 0 Å². The van der Waals surface area contributed by atoms with E-state index in [1.54, 1.807) is 67.6 Å². The van der Waals surface area contributed by atoms with Crippen LogP contribution in [0.15, 0.2) is 60.7 Å². The van der Waals surface area contributed by atoms with Crippen LogP contribution in [0.2, 0.25) is 0 Å². The number of ketones is 1. The Morgan fingerprint density at radius 1 is 0.875 bits per heavy atom. The van der Waals surface area contributed by atoms with Gasteiger partial charge in [0.25, 0.3) is 0 Å². The molecule has 0 radical (unpaired) electrons. The molecular weight excluding hydrogens is 308 g/mol. The third kappa shape index (κ3) is 4.52. The molecule has 0 aliphatic heterocycles. The largest absolute Gasteiger partial charge is 0.465 e. The summed E-state index contributed by atoms with van der Waals surface area (Å²) in [5.41, 5.74) is 0.856. The van der Waals surface area contributed by atoms with Gasteiger partial charge in [0.05, 0.1) is 12.2 Å².